The molecule has 2 aromatic rings. The zero-order valence-electron chi connectivity index (χ0n) is 10.4. The van der Waals surface area contributed by atoms with Gasteiger partial charge in [-0.05, 0) is 30.7 Å². The van der Waals surface area contributed by atoms with Gasteiger partial charge in [0.15, 0.2) is 0 Å². The first-order valence-corrected chi connectivity index (χ1v) is 5.79. The Balaban J connectivity index is 2.44. The van der Waals surface area contributed by atoms with Gasteiger partial charge in [-0.3, -0.25) is 9.48 Å². The number of nitrogens with zero attached hydrogens (tertiary/aromatic N) is 2. The molecule has 0 radical (unpaired) electrons. The molecule has 4 nitrogen and oxygen atoms in total. The highest BCUT2D eigenvalue weighted by atomic mass is 35.5. The zero-order valence-corrected chi connectivity index (χ0v) is 11.2. The summed E-state index contributed by atoms with van der Waals surface area (Å²) in [4.78, 5) is 12.3. The van der Waals surface area contributed by atoms with Crippen molar-refractivity contribution in [1.82, 2.24) is 9.78 Å². The molecule has 2 rings (SSSR count). The number of carbonyl (C=O) groups excluding carboxylic acids is 1. The summed E-state index contributed by atoms with van der Waals surface area (Å²) in [5.41, 5.74) is 1.86. The van der Waals surface area contributed by atoms with E-state index in [0.29, 0.717) is 16.3 Å². The Bertz CT molecular complexity index is 586. The SMILES string of the molecule is COc1ccc(C(=O)c2c(Cl)cnn2C)cc1C. The first-order valence-electron chi connectivity index (χ1n) is 5.41. The second-order valence-corrected chi connectivity index (χ2v) is 4.39. The van der Waals surface area contributed by atoms with E-state index in [9.17, 15) is 4.79 Å². The van der Waals surface area contributed by atoms with Crippen molar-refractivity contribution < 1.29 is 9.53 Å². The number of methoxy groups -OCH3 is 1. The molecule has 18 heavy (non-hydrogen) atoms. The molecule has 0 unspecified atom stereocenters. The van der Waals surface area contributed by atoms with Gasteiger partial charge in [0.2, 0.25) is 5.78 Å². The highest BCUT2D eigenvalue weighted by molar-refractivity contribution is 6.34. The largest absolute Gasteiger partial charge is 0.496 e. The van der Waals surface area contributed by atoms with Gasteiger partial charge in [-0.15, -0.1) is 0 Å². The quantitative estimate of drug-likeness (QED) is 0.801. The first-order chi connectivity index (χ1) is 8.54. The summed E-state index contributed by atoms with van der Waals surface area (Å²) in [5.74, 6) is 0.605. The minimum Gasteiger partial charge on any atom is -0.496 e. The van der Waals surface area contributed by atoms with Crippen LogP contribution in [-0.4, -0.2) is 22.7 Å². The van der Waals surface area contributed by atoms with Gasteiger partial charge in [-0.1, -0.05) is 11.6 Å². The van der Waals surface area contributed by atoms with Crippen LogP contribution in [0.25, 0.3) is 0 Å². The molecule has 0 saturated carbocycles. The highest BCUT2D eigenvalue weighted by Crippen LogP contribution is 2.23. The third kappa shape index (κ3) is 2.11. The van der Waals surface area contributed by atoms with E-state index in [1.54, 1.807) is 32.4 Å². The fourth-order valence-corrected chi connectivity index (χ4v) is 2.07. The van der Waals surface area contributed by atoms with Crippen LogP contribution in [0.3, 0.4) is 0 Å². The maximum absolute atomic E-state index is 12.3. The van der Waals surface area contributed by atoms with Gasteiger partial charge < -0.3 is 4.74 Å². The van der Waals surface area contributed by atoms with Crippen LogP contribution < -0.4 is 4.74 Å². The van der Waals surface area contributed by atoms with Crippen LogP contribution in [0.5, 0.6) is 5.75 Å². The molecule has 1 heterocycles. The first kappa shape index (κ1) is 12.6. The number of halogens is 1. The van der Waals surface area contributed by atoms with Gasteiger partial charge in [0.05, 0.1) is 18.3 Å². The molecule has 0 spiro atoms. The Kier molecular flexibility index (Phi) is 3.39. The van der Waals surface area contributed by atoms with Gasteiger partial charge in [-0.2, -0.15) is 5.10 Å². The van der Waals surface area contributed by atoms with Crippen molar-refractivity contribution in [2.45, 2.75) is 6.92 Å². The fourth-order valence-electron chi connectivity index (χ4n) is 1.82. The average Bonchev–Trinajstić information content (AvgIpc) is 2.68. The summed E-state index contributed by atoms with van der Waals surface area (Å²) in [7, 11) is 3.29. The Morgan fingerprint density at radius 1 is 1.44 bits per heavy atom. The number of rotatable bonds is 3. The summed E-state index contributed by atoms with van der Waals surface area (Å²) in [6, 6.07) is 5.27. The van der Waals surface area contributed by atoms with Crippen molar-refractivity contribution >= 4 is 17.4 Å². The van der Waals surface area contributed by atoms with Crippen molar-refractivity contribution in [3.05, 3.63) is 46.2 Å². The number of hydrogen-bond donors (Lipinski definition) is 0. The lowest BCUT2D eigenvalue weighted by molar-refractivity contribution is 0.103. The van der Waals surface area contributed by atoms with Crippen LogP contribution in [0.2, 0.25) is 5.02 Å². The fraction of sp³-hybridized carbons (Fsp3) is 0.231. The van der Waals surface area contributed by atoms with Crippen LogP contribution in [0.15, 0.2) is 24.4 Å². The van der Waals surface area contributed by atoms with Crippen LogP contribution in [0, 0.1) is 6.92 Å². The normalized spacial score (nSPS) is 10.4. The predicted molar refractivity (Wildman–Crippen MR) is 69.4 cm³/mol. The van der Waals surface area contributed by atoms with Gasteiger partial charge in [0.1, 0.15) is 11.4 Å². The Labute approximate surface area is 110 Å². The molecule has 0 bridgehead atoms. The van der Waals surface area contributed by atoms with Crippen molar-refractivity contribution in [1.29, 1.82) is 0 Å². The topological polar surface area (TPSA) is 44.1 Å². The summed E-state index contributed by atoms with van der Waals surface area (Å²) in [6.07, 6.45) is 1.46. The number of hydrogen-bond acceptors (Lipinski definition) is 3. The maximum atomic E-state index is 12.3. The number of aryl methyl sites for hydroxylation is 2. The Morgan fingerprint density at radius 2 is 2.17 bits per heavy atom. The molecule has 0 aliphatic heterocycles. The predicted octanol–water partition coefficient (Wildman–Crippen LogP) is 2.62. The maximum Gasteiger partial charge on any atom is 0.212 e. The van der Waals surface area contributed by atoms with Gasteiger partial charge in [-0.25, -0.2) is 0 Å². The summed E-state index contributed by atoms with van der Waals surface area (Å²) < 4.78 is 6.64. The standard InChI is InChI=1S/C13H13ClN2O2/c1-8-6-9(4-5-11(8)18-3)13(17)12-10(14)7-15-16(12)2/h4-7H,1-3H3. The minimum absolute atomic E-state index is 0.147. The lowest BCUT2D eigenvalue weighted by Crippen LogP contribution is -2.09. The molecule has 1 aromatic carbocycles. The smallest absolute Gasteiger partial charge is 0.212 e. The summed E-state index contributed by atoms with van der Waals surface area (Å²) >= 11 is 5.96. The van der Waals surface area contributed by atoms with Crippen LogP contribution in [-0.2, 0) is 7.05 Å². The molecule has 0 N–H and O–H groups in total. The molecule has 0 saturated heterocycles. The highest BCUT2D eigenvalue weighted by Gasteiger charge is 2.18. The van der Waals surface area contributed by atoms with Gasteiger partial charge in [0, 0.05) is 12.6 Å². The number of ketones is 1. The van der Waals surface area contributed by atoms with Crippen LogP contribution in [0.1, 0.15) is 21.6 Å². The third-order valence-electron chi connectivity index (χ3n) is 2.77. The molecular weight excluding hydrogens is 252 g/mol. The number of carbonyl (C=O) groups is 1. The monoisotopic (exact) mass is 264 g/mol. The van der Waals surface area contributed by atoms with Gasteiger partial charge >= 0.3 is 0 Å². The number of benzene rings is 1. The van der Waals surface area contributed by atoms with E-state index in [1.165, 1.54) is 10.9 Å². The van der Waals surface area contributed by atoms with Crippen LogP contribution >= 0.6 is 11.6 Å². The molecule has 0 aliphatic carbocycles. The van der Waals surface area contributed by atoms with Crippen LogP contribution in [0.4, 0.5) is 0 Å². The molecule has 0 amide bonds. The van der Waals surface area contributed by atoms with Crippen molar-refractivity contribution in [2.24, 2.45) is 7.05 Å². The van der Waals surface area contributed by atoms with E-state index in [1.807, 2.05) is 6.92 Å². The second kappa shape index (κ2) is 4.82. The van der Waals surface area contributed by atoms with Crippen molar-refractivity contribution in [2.75, 3.05) is 7.11 Å². The zero-order chi connectivity index (χ0) is 13.3. The van der Waals surface area contributed by atoms with Gasteiger partial charge in [0.25, 0.3) is 0 Å². The Hall–Kier alpha value is -1.81. The minimum atomic E-state index is -0.147. The molecule has 0 aliphatic rings. The second-order valence-electron chi connectivity index (χ2n) is 3.98. The van der Waals surface area contributed by atoms with Crippen molar-refractivity contribution in [3.63, 3.8) is 0 Å². The average molecular weight is 265 g/mol. The van der Waals surface area contributed by atoms with E-state index < -0.39 is 0 Å². The molecular formula is C13H13ClN2O2. The molecule has 0 atom stereocenters. The number of aromatic nitrogens is 2. The summed E-state index contributed by atoms with van der Waals surface area (Å²) in [5, 5.41) is 4.32. The van der Waals surface area contributed by atoms with E-state index >= 15 is 0 Å². The molecule has 5 heteroatoms. The lowest BCUT2D eigenvalue weighted by atomic mass is 10.0. The molecule has 0 fully saturated rings. The Morgan fingerprint density at radius 3 is 2.67 bits per heavy atom. The van der Waals surface area contributed by atoms with E-state index in [-0.39, 0.29) is 5.78 Å². The van der Waals surface area contributed by atoms with Crippen molar-refractivity contribution in [3.8, 4) is 5.75 Å². The number of ether oxygens (including phenoxy) is 1. The lowest BCUT2D eigenvalue weighted by Gasteiger charge is -2.07. The summed E-state index contributed by atoms with van der Waals surface area (Å²) in [6.45, 7) is 1.89. The van der Waals surface area contributed by atoms with E-state index in [4.69, 9.17) is 16.3 Å². The molecule has 94 valence electrons. The third-order valence-corrected chi connectivity index (χ3v) is 3.04. The van der Waals surface area contributed by atoms with E-state index in [0.717, 1.165) is 11.3 Å². The van der Waals surface area contributed by atoms with E-state index in [2.05, 4.69) is 5.10 Å². The molecule has 1 aromatic heterocycles.